The fourth-order valence-electron chi connectivity index (χ4n) is 1.48. The van der Waals surface area contributed by atoms with Gasteiger partial charge in [0, 0.05) is 24.6 Å². The van der Waals surface area contributed by atoms with E-state index in [1.807, 2.05) is 0 Å². The van der Waals surface area contributed by atoms with E-state index in [9.17, 15) is 8.42 Å². The number of H-pyrrole nitrogens is 1. The second-order valence-electron chi connectivity index (χ2n) is 4.35. The van der Waals surface area contributed by atoms with E-state index < -0.39 is 21.1 Å². The molecule has 0 spiro atoms. The quantitative estimate of drug-likeness (QED) is 0.799. The Morgan fingerprint density at radius 3 is 2.84 bits per heavy atom. The number of rotatable bonds is 5. The molecule has 19 heavy (non-hydrogen) atoms. The van der Waals surface area contributed by atoms with Crippen LogP contribution in [0.1, 0.15) is 35.6 Å². The number of nitrogens with two attached hydrogens (primary N) is 1. The van der Waals surface area contributed by atoms with Crippen LogP contribution >= 0.6 is 0 Å². The molecule has 0 bridgehead atoms. The first-order valence-corrected chi connectivity index (χ1v) is 7.58. The molecular formula is C10H15N5O3S. The summed E-state index contributed by atoms with van der Waals surface area (Å²) < 4.78 is 27.8. The molecule has 2 heterocycles. The number of imidazole rings is 1. The highest BCUT2D eigenvalue weighted by Gasteiger charge is 2.25. The molecular weight excluding hydrogens is 270 g/mol. The number of hydrogen-bond donors (Lipinski definition) is 2. The van der Waals surface area contributed by atoms with Gasteiger partial charge in [-0.25, -0.2) is 13.4 Å². The van der Waals surface area contributed by atoms with Crippen molar-refractivity contribution in [2.75, 3.05) is 6.26 Å². The van der Waals surface area contributed by atoms with Crippen LogP contribution in [0.25, 0.3) is 0 Å². The van der Waals surface area contributed by atoms with Crippen molar-refractivity contribution in [3.05, 3.63) is 29.9 Å². The summed E-state index contributed by atoms with van der Waals surface area (Å²) in [4.78, 5) is 10.8. The molecule has 104 valence electrons. The molecule has 8 nitrogen and oxygen atoms in total. The van der Waals surface area contributed by atoms with Crippen LogP contribution < -0.4 is 5.73 Å². The van der Waals surface area contributed by atoms with Crippen LogP contribution in [0.4, 0.5) is 0 Å². The zero-order valence-corrected chi connectivity index (χ0v) is 11.4. The first kappa shape index (κ1) is 13.7. The van der Waals surface area contributed by atoms with Crippen LogP contribution in [0.2, 0.25) is 0 Å². The summed E-state index contributed by atoms with van der Waals surface area (Å²) in [5, 5.41) is 2.85. The Labute approximate surface area is 110 Å². The lowest BCUT2D eigenvalue weighted by Gasteiger charge is -2.04. The third kappa shape index (κ3) is 3.18. The maximum Gasteiger partial charge on any atom is 0.244 e. The summed E-state index contributed by atoms with van der Waals surface area (Å²) in [6.07, 6.45) is 4.77. The molecule has 2 atom stereocenters. The van der Waals surface area contributed by atoms with Gasteiger partial charge in [0.05, 0.1) is 12.4 Å². The van der Waals surface area contributed by atoms with E-state index >= 15 is 0 Å². The zero-order chi connectivity index (χ0) is 14.0. The van der Waals surface area contributed by atoms with Crippen LogP contribution in [-0.4, -0.2) is 34.8 Å². The van der Waals surface area contributed by atoms with Gasteiger partial charge in [-0.2, -0.15) is 4.98 Å². The van der Waals surface area contributed by atoms with Crippen LogP contribution in [0.15, 0.2) is 17.0 Å². The third-order valence-electron chi connectivity index (χ3n) is 2.78. The lowest BCUT2D eigenvalue weighted by Crippen LogP contribution is -2.15. The first-order chi connectivity index (χ1) is 8.88. The van der Waals surface area contributed by atoms with Gasteiger partial charge in [0.1, 0.15) is 5.25 Å². The summed E-state index contributed by atoms with van der Waals surface area (Å²) >= 11 is 0. The summed E-state index contributed by atoms with van der Waals surface area (Å²) in [6.45, 7) is 1.50. The first-order valence-electron chi connectivity index (χ1n) is 5.63. The van der Waals surface area contributed by atoms with Crippen LogP contribution in [-0.2, 0) is 16.3 Å². The molecule has 2 rings (SSSR count). The van der Waals surface area contributed by atoms with Gasteiger partial charge < -0.3 is 15.2 Å². The Morgan fingerprint density at radius 1 is 1.53 bits per heavy atom. The number of sulfone groups is 1. The summed E-state index contributed by atoms with van der Waals surface area (Å²) in [5.74, 6) is 0.331. The Balaban J connectivity index is 2.12. The van der Waals surface area contributed by atoms with Crippen molar-refractivity contribution in [1.82, 2.24) is 20.1 Å². The normalized spacial score (nSPS) is 15.3. The third-order valence-corrected chi connectivity index (χ3v) is 4.27. The standard InChI is InChI=1S/C10H15N5O3S/c1-6(19(2,16)17)9-14-10(18-15-9)8(11)3-7-4-12-5-13-7/h4-6,8H,3,11H2,1-2H3,(H,12,13)/t6?,8-/m1/s1. The smallest absolute Gasteiger partial charge is 0.244 e. The molecule has 0 aliphatic carbocycles. The number of aromatic nitrogens is 4. The second-order valence-corrected chi connectivity index (χ2v) is 6.72. The molecule has 0 saturated heterocycles. The number of nitrogens with one attached hydrogen (secondary N) is 1. The molecule has 0 fully saturated rings. The average molecular weight is 285 g/mol. The van der Waals surface area contributed by atoms with E-state index in [1.165, 1.54) is 6.92 Å². The summed E-state index contributed by atoms with van der Waals surface area (Å²) in [7, 11) is -3.26. The van der Waals surface area contributed by atoms with Crippen LogP contribution in [0.5, 0.6) is 0 Å². The van der Waals surface area contributed by atoms with Gasteiger partial charge in [0.2, 0.25) is 5.89 Å². The molecule has 1 unspecified atom stereocenters. The van der Waals surface area contributed by atoms with E-state index in [0.29, 0.717) is 6.42 Å². The van der Waals surface area contributed by atoms with Gasteiger partial charge in [-0.3, -0.25) is 0 Å². The lowest BCUT2D eigenvalue weighted by atomic mass is 10.2. The molecule has 9 heteroatoms. The van der Waals surface area contributed by atoms with Crippen molar-refractivity contribution >= 4 is 9.84 Å². The van der Waals surface area contributed by atoms with Crippen LogP contribution in [0, 0.1) is 0 Å². The topological polar surface area (TPSA) is 128 Å². The van der Waals surface area contributed by atoms with Gasteiger partial charge in [-0.15, -0.1) is 0 Å². The van der Waals surface area contributed by atoms with Crippen LogP contribution in [0.3, 0.4) is 0 Å². The van der Waals surface area contributed by atoms with Gasteiger partial charge in [-0.05, 0) is 6.92 Å². The minimum atomic E-state index is -3.26. The predicted molar refractivity (Wildman–Crippen MR) is 66.8 cm³/mol. The van der Waals surface area contributed by atoms with Crippen molar-refractivity contribution in [2.24, 2.45) is 5.73 Å². The number of nitrogens with zero attached hydrogens (tertiary/aromatic N) is 3. The van der Waals surface area contributed by atoms with E-state index in [-0.39, 0.29) is 11.7 Å². The molecule has 0 radical (unpaired) electrons. The fourth-order valence-corrected chi connectivity index (χ4v) is 1.95. The minimum absolute atomic E-state index is 0.123. The van der Waals surface area contributed by atoms with E-state index in [0.717, 1.165) is 11.9 Å². The van der Waals surface area contributed by atoms with Gasteiger partial charge in [0.15, 0.2) is 15.7 Å². The Morgan fingerprint density at radius 2 is 2.26 bits per heavy atom. The predicted octanol–water partition coefficient (Wildman–Crippen LogP) is 0.141. The average Bonchev–Trinajstić information content (AvgIpc) is 2.96. The largest absolute Gasteiger partial charge is 0.348 e. The second kappa shape index (κ2) is 5.10. The number of hydrogen-bond acceptors (Lipinski definition) is 7. The van der Waals surface area contributed by atoms with Crippen molar-refractivity contribution in [1.29, 1.82) is 0 Å². The van der Waals surface area contributed by atoms with Crippen molar-refractivity contribution in [3.63, 3.8) is 0 Å². The van der Waals surface area contributed by atoms with Gasteiger partial charge in [0.25, 0.3) is 0 Å². The molecule has 0 aromatic carbocycles. The highest BCUT2D eigenvalue weighted by molar-refractivity contribution is 7.90. The SMILES string of the molecule is CC(c1noc([C@H](N)Cc2cnc[nH]2)n1)S(C)(=O)=O. The summed E-state index contributed by atoms with van der Waals surface area (Å²) in [6, 6.07) is -0.506. The Bertz CT molecular complexity index is 634. The summed E-state index contributed by atoms with van der Waals surface area (Å²) in [5.41, 5.74) is 6.75. The highest BCUT2D eigenvalue weighted by atomic mass is 32.2. The van der Waals surface area contributed by atoms with Crippen molar-refractivity contribution in [2.45, 2.75) is 24.6 Å². The monoisotopic (exact) mass is 285 g/mol. The molecule has 0 saturated carbocycles. The van der Waals surface area contributed by atoms with Gasteiger partial charge in [-0.1, -0.05) is 5.16 Å². The molecule has 0 aliphatic rings. The lowest BCUT2D eigenvalue weighted by molar-refractivity contribution is 0.349. The van der Waals surface area contributed by atoms with E-state index in [4.69, 9.17) is 10.3 Å². The molecule has 3 N–H and O–H groups in total. The van der Waals surface area contributed by atoms with Gasteiger partial charge >= 0.3 is 0 Å². The molecule has 2 aromatic heterocycles. The molecule has 0 amide bonds. The maximum atomic E-state index is 11.4. The van der Waals surface area contributed by atoms with Crippen molar-refractivity contribution < 1.29 is 12.9 Å². The Hall–Kier alpha value is -1.74. The van der Waals surface area contributed by atoms with Crippen molar-refractivity contribution in [3.8, 4) is 0 Å². The molecule has 0 aliphatic heterocycles. The number of aromatic amines is 1. The highest BCUT2D eigenvalue weighted by Crippen LogP contribution is 2.20. The zero-order valence-electron chi connectivity index (χ0n) is 10.6. The molecule has 2 aromatic rings. The fraction of sp³-hybridized carbons (Fsp3) is 0.500. The van der Waals surface area contributed by atoms with E-state index in [2.05, 4.69) is 20.1 Å². The minimum Gasteiger partial charge on any atom is -0.348 e. The van der Waals surface area contributed by atoms with E-state index in [1.54, 1.807) is 12.5 Å². The Kier molecular flexibility index (Phi) is 3.67. The maximum absolute atomic E-state index is 11.4.